The van der Waals surface area contributed by atoms with Crippen LogP contribution in [0.2, 0.25) is 0 Å². The van der Waals surface area contributed by atoms with Gasteiger partial charge in [0.15, 0.2) is 0 Å². The number of hydrogen-bond acceptors (Lipinski definition) is 3. The summed E-state index contributed by atoms with van der Waals surface area (Å²) in [5.41, 5.74) is 4.20. The number of rotatable bonds is 7. The highest BCUT2D eigenvalue weighted by molar-refractivity contribution is 5.93. The SMILES string of the molecule is CCOc1ccc(Cc2nc3cc(N(C)C(C)=O)ccc3n2CC2CC2)cc1. The van der Waals surface area contributed by atoms with Gasteiger partial charge in [0, 0.05) is 32.6 Å². The van der Waals surface area contributed by atoms with Gasteiger partial charge in [-0.15, -0.1) is 0 Å². The Hall–Kier alpha value is -2.82. The first kappa shape index (κ1) is 18.5. The molecule has 4 rings (SSSR count). The molecule has 28 heavy (non-hydrogen) atoms. The number of imidazole rings is 1. The zero-order chi connectivity index (χ0) is 19.7. The normalized spacial score (nSPS) is 13.7. The molecule has 1 amide bonds. The maximum atomic E-state index is 11.7. The van der Waals surface area contributed by atoms with Crippen LogP contribution in [0.5, 0.6) is 5.75 Å². The van der Waals surface area contributed by atoms with Gasteiger partial charge >= 0.3 is 0 Å². The molecule has 0 radical (unpaired) electrons. The third-order valence-corrected chi connectivity index (χ3v) is 5.40. The number of aromatic nitrogens is 2. The Balaban J connectivity index is 1.67. The average molecular weight is 377 g/mol. The summed E-state index contributed by atoms with van der Waals surface area (Å²) >= 11 is 0. The highest BCUT2D eigenvalue weighted by atomic mass is 16.5. The summed E-state index contributed by atoms with van der Waals surface area (Å²) in [5, 5.41) is 0. The van der Waals surface area contributed by atoms with Crippen molar-refractivity contribution in [2.45, 2.75) is 39.7 Å². The van der Waals surface area contributed by atoms with Gasteiger partial charge in [0.2, 0.25) is 5.91 Å². The molecule has 0 aliphatic heterocycles. The predicted octanol–water partition coefficient (Wildman–Crippen LogP) is 4.42. The molecule has 0 N–H and O–H groups in total. The molecule has 0 spiro atoms. The Labute approximate surface area is 165 Å². The van der Waals surface area contributed by atoms with Crippen molar-refractivity contribution in [1.29, 1.82) is 0 Å². The van der Waals surface area contributed by atoms with E-state index < -0.39 is 0 Å². The molecular formula is C23H27N3O2. The largest absolute Gasteiger partial charge is 0.494 e. The number of benzene rings is 2. The van der Waals surface area contributed by atoms with E-state index in [0.29, 0.717) is 6.61 Å². The fourth-order valence-corrected chi connectivity index (χ4v) is 3.51. The summed E-state index contributed by atoms with van der Waals surface area (Å²) in [7, 11) is 1.80. The molecule has 5 nitrogen and oxygen atoms in total. The number of anilines is 1. The summed E-state index contributed by atoms with van der Waals surface area (Å²) in [6.45, 7) is 5.26. The summed E-state index contributed by atoms with van der Waals surface area (Å²) in [6.07, 6.45) is 3.38. The second-order valence-corrected chi connectivity index (χ2v) is 7.59. The monoisotopic (exact) mass is 377 g/mol. The summed E-state index contributed by atoms with van der Waals surface area (Å²) in [6, 6.07) is 14.4. The third-order valence-electron chi connectivity index (χ3n) is 5.40. The minimum absolute atomic E-state index is 0.0198. The van der Waals surface area contributed by atoms with Crippen LogP contribution in [0.3, 0.4) is 0 Å². The van der Waals surface area contributed by atoms with E-state index in [9.17, 15) is 4.79 Å². The lowest BCUT2D eigenvalue weighted by molar-refractivity contribution is -0.116. The fraction of sp³-hybridized carbons (Fsp3) is 0.391. The number of fused-ring (bicyclic) bond motifs is 1. The van der Waals surface area contributed by atoms with Crippen molar-refractivity contribution in [3.63, 3.8) is 0 Å². The Morgan fingerprint density at radius 1 is 1.21 bits per heavy atom. The lowest BCUT2D eigenvalue weighted by Crippen LogP contribution is -2.22. The van der Waals surface area contributed by atoms with Crippen LogP contribution in [0, 0.1) is 5.92 Å². The molecule has 1 aliphatic rings. The van der Waals surface area contributed by atoms with Crippen LogP contribution in [0.15, 0.2) is 42.5 Å². The summed E-state index contributed by atoms with van der Waals surface area (Å²) in [4.78, 5) is 18.3. The number of nitrogens with zero attached hydrogens (tertiary/aromatic N) is 3. The molecule has 3 aromatic rings. The molecule has 146 valence electrons. The Bertz CT molecular complexity index is 987. The highest BCUT2D eigenvalue weighted by Crippen LogP contribution is 2.33. The van der Waals surface area contributed by atoms with E-state index >= 15 is 0 Å². The Morgan fingerprint density at radius 3 is 2.61 bits per heavy atom. The molecule has 1 saturated carbocycles. The first-order valence-electron chi connectivity index (χ1n) is 10.0. The van der Waals surface area contributed by atoms with E-state index in [-0.39, 0.29) is 5.91 Å². The molecule has 2 aromatic carbocycles. The molecule has 5 heteroatoms. The van der Waals surface area contributed by atoms with Gasteiger partial charge in [-0.1, -0.05) is 12.1 Å². The zero-order valence-electron chi connectivity index (χ0n) is 16.8. The third kappa shape index (κ3) is 3.88. The maximum absolute atomic E-state index is 11.7. The van der Waals surface area contributed by atoms with Gasteiger partial charge in [0.1, 0.15) is 11.6 Å². The topological polar surface area (TPSA) is 47.4 Å². The molecule has 1 fully saturated rings. The minimum Gasteiger partial charge on any atom is -0.494 e. The molecule has 0 bridgehead atoms. The number of carbonyl (C=O) groups excluding carboxylic acids is 1. The standard InChI is InChI=1S/C23H27N3O2/c1-4-28-20-10-7-17(8-11-20)13-23-24-21-14-19(25(3)16(2)27)9-12-22(21)26(23)15-18-5-6-18/h7-12,14,18H,4-6,13,15H2,1-3H3. The van der Waals surface area contributed by atoms with Crippen LogP contribution in [-0.4, -0.2) is 29.1 Å². The number of amides is 1. The van der Waals surface area contributed by atoms with Crippen molar-refractivity contribution in [3.8, 4) is 5.75 Å². The fourth-order valence-electron chi connectivity index (χ4n) is 3.51. The number of ether oxygens (including phenoxy) is 1. The second-order valence-electron chi connectivity index (χ2n) is 7.59. The van der Waals surface area contributed by atoms with Gasteiger partial charge in [-0.25, -0.2) is 4.98 Å². The first-order valence-corrected chi connectivity index (χ1v) is 10.0. The molecule has 0 unspecified atom stereocenters. The van der Waals surface area contributed by atoms with Crippen LogP contribution in [-0.2, 0) is 17.8 Å². The van der Waals surface area contributed by atoms with E-state index in [1.165, 1.54) is 18.4 Å². The summed E-state index contributed by atoms with van der Waals surface area (Å²) < 4.78 is 7.91. The molecule has 1 heterocycles. The van der Waals surface area contributed by atoms with Gasteiger partial charge in [-0.2, -0.15) is 0 Å². The quantitative estimate of drug-likeness (QED) is 0.612. The highest BCUT2D eigenvalue weighted by Gasteiger charge is 2.24. The summed E-state index contributed by atoms with van der Waals surface area (Å²) in [5.74, 6) is 2.76. The van der Waals surface area contributed by atoms with Crippen molar-refractivity contribution in [2.75, 3.05) is 18.6 Å². The minimum atomic E-state index is 0.0198. The number of carbonyl (C=O) groups is 1. The van der Waals surface area contributed by atoms with Crippen LogP contribution in [0.4, 0.5) is 5.69 Å². The van der Waals surface area contributed by atoms with E-state index in [4.69, 9.17) is 9.72 Å². The zero-order valence-corrected chi connectivity index (χ0v) is 16.8. The van der Waals surface area contributed by atoms with E-state index in [1.807, 2.05) is 31.2 Å². The molecule has 0 saturated heterocycles. The lowest BCUT2D eigenvalue weighted by atomic mass is 10.1. The van der Waals surface area contributed by atoms with Gasteiger partial charge in [-0.3, -0.25) is 4.79 Å². The van der Waals surface area contributed by atoms with E-state index in [0.717, 1.165) is 47.2 Å². The van der Waals surface area contributed by atoms with Crippen LogP contribution < -0.4 is 9.64 Å². The molecule has 0 atom stereocenters. The van der Waals surface area contributed by atoms with E-state index in [1.54, 1.807) is 18.9 Å². The smallest absolute Gasteiger partial charge is 0.223 e. The van der Waals surface area contributed by atoms with Gasteiger partial charge in [0.05, 0.1) is 17.6 Å². The van der Waals surface area contributed by atoms with Crippen LogP contribution >= 0.6 is 0 Å². The van der Waals surface area contributed by atoms with Gasteiger partial charge < -0.3 is 14.2 Å². The van der Waals surface area contributed by atoms with Crippen molar-refractivity contribution < 1.29 is 9.53 Å². The molecular weight excluding hydrogens is 350 g/mol. The average Bonchev–Trinajstić information content (AvgIpc) is 3.45. The molecule has 1 aromatic heterocycles. The van der Waals surface area contributed by atoms with Crippen LogP contribution in [0.25, 0.3) is 11.0 Å². The van der Waals surface area contributed by atoms with Crippen molar-refractivity contribution in [2.24, 2.45) is 5.92 Å². The van der Waals surface area contributed by atoms with Crippen molar-refractivity contribution in [1.82, 2.24) is 9.55 Å². The van der Waals surface area contributed by atoms with Crippen molar-refractivity contribution >= 4 is 22.6 Å². The van der Waals surface area contributed by atoms with E-state index in [2.05, 4.69) is 22.8 Å². The number of hydrogen-bond donors (Lipinski definition) is 0. The predicted molar refractivity (Wildman–Crippen MR) is 112 cm³/mol. The Morgan fingerprint density at radius 2 is 1.96 bits per heavy atom. The first-order chi connectivity index (χ1) is 13.5. The van der Waals surface area contributed by atoms with Gasteiger partial charge in [0.25, 0.3) is 0 Å². The van der Waals surface area contributed by atoms with Crippen LogP contribution in [0.1, 0.15) is 38.1 Å². The van der Waals surface area contributed by atoms with Gasteiger partial charge in [-0.05, 0) is 61.6 Å². The maximum Gasteiger partial charge on any atom is 0.223 e. The van der Waals surface area contributed by atoms with Crippen molar-refractivity contribution in [3.05, 3.63) is 53.9 Å². The molecule has 1 aliphatic carbocycles. The Kier molecular flexibility index (Phi) is 5.07. The lowest BCUT2D eigenvalue weighted by Gasteiger charge is -2.15. The second kappa shape index (κ2) is 7.66.